The maximum Gasteiger partial charge on any atom is 0.119 e. The van der Waals surface area contributed by atoms with E-state index in [1.807, 2.05) is 12.1 Å². The van der Waals surface area contributed by atoms with Gasteiger partial charge in [-0.1, -0.05) is 12.1 Å². The Balaban J connectivity index is 1.75. The minimum absolute atomic E-state index is 0.399. The smallest absolute Gasteiger partial charge is 0.119 e. The Morgan fingerprint density at radius 3 is 2.32 bits per heavy atom. The van der Waals surface area contributed by atoms with Crippen LogP contribution in [0, 0.1) is 0 Å². The molecule has 2 unspecified atom stereocenters. The zero-order valence-electron chi connectivity index (χ0n) is 17.5. The van der Waals surface area contributed by atoms with Crippen molar-refractivity contribution < 1.29 is 9.47 Å². The van der Waals surface area contributed by atoms with Crippen LogP contribution in [0.4, 0.5) is 0 Å². The Morgan fingerprint density at radius 2 is 1.64 bits per heavy atom. The minimum Gasteiger partial charge on any atom is -0.497 e. The molecule has 4 heteroatoms. The predicted molar refractivity (Wildman–Crippen MR) is 115 cm³/mol. The van der Waals surface area contributed by atoms with Crippen LogP contribution in [0.2, 0.25) is 0 Å². The summed E-state index contributed by atoms with van der Waals surface area (Å²) in [6, 6.07) is 15.9. The van der Waals surface area contributed by atoms with Crippen LogP contribution in [0.5, 0.6) is 11.5 Å². The first kappa shape index (κ1) is 18.9. The molecular formula is C24H30N2O2. The molecule has 0 saturated heterocycles. The van der Waals surface area contributed by atoms with Crippen LogP contribution in [0.25, 0.3) is 10.9 Å². The Morgan fingerprint density at radius 1 is 0.964 bits per heavy atom. The van der Waals surface area contributed by atoms with Gasteiger partial charge in [-0.25, -0.2) is 0 Å². The van der Waals surface area contributed by atoms with Gasteiger partial charge >= 0.3 is 0 Å². The maximum atomic E-state index is 5.52. The fraction of sp³-hybridized carbons (Fsp3) is 0.417. The van der Waals surface area contributed by atoms with Crippen LogP contribution in [0.15, 0.2) is 42.5 Å². The number of benzene rings is 2. The molecule has 4 nitrogen and oxygen atoms in total. The third kappa shape index (κ3) is 3.16. The molecule has 0 amide bonds. The zero-order chi connectivity index (χ0) is 19.8. The molecule has 0 radical (unpaired) electrons. The normalized spacial score (nSPS) is 19.6. The lowest BCUT2D eigenvalue weighted by molar-refractivity contribution is 0.177. The third-order valence-electron chi connectivity index (χ3n) is 6.42. The average molecular weight is 379 g/mol. The third-order valence-corrected chi connectivity index (χ3v) is 6.42. The molecule has 0 aliphatic carbocycles. The van der Waals surface area contributed by atoms with Crippen LogP contribution >= 0.6 is 0 Å². The minimum atomic E-state index is 0.399. The zero-order valence-corrected chi connectivity index (χ0v) is 17.5. The molecular weight excluding hydrogens is 348 g/mol. The summed E-state index contributed by atoms with van der Waals surface area (Å²) in [5.41, 5.74) is 5.59. The van der Waals surface area contributed by atoms with E-state index in [-0.39, 0.29) is 0 Å². The second-order valence-corrected chi connectivity index (χ2v) is 7.89. The first-order valence-corrected chi connectivity index (χ1v) is 10.1. The molecule has 4 rings (SSSR count). The van der Waals surface area contributed by atoms with E-state index in [0.717, 1.165) is 30.9 Å². The van der Waals surface area contributed by atoms with Gasteiger partial charge in [-0.3, -0.25) is 4.90 Å². The summed E-state index contributed by atoms with van der Waals surface area (Å²) in [6.07, 6.45) is 2.08. The molecule has 0 bridgehead atoms. The predicted octanol–water partition coefficient (Wildman–Crippen LogP) is 4.84. The molecule has 2 heterocycles. The summed E-state index contributed by atoms with van der Waals surface area (Å²) >= 11 is 0. The molecule has 1 aromatic heterocycles. The largest absolute Gasteiger partial charge is 0.497 e. The Labute approximate surface area is 167 Å². The van der Waals surface area contributed by atoms with Gasteiger partial charge in [0.15, 0.2) is 0 Å². The molecule has 148 valence electrons. The van der Waals surface area contributed by atoms with Crippen LogP contribution in [-0.4, -0.2) is 36.8 Å². The number of hydrogen-bond acceptors (Lipinski definition) is 3. The maximum absolute atomic E-state index is 5.52. The van der Waals surface area contributed by atoms with E-state index in [9.17, 15) is 0 Å². The van der Waals surface area contributed by atoms with Gasteiger partial charge in [0.25, 0.3) is 0 Å². The van der Waals surface area contributed by atoms with Crippen molar-refractivity contribution in [2.24, 2.45) is 0 Å². The molecule has 1 aliphatic rings. The second-order valence-electron chi connectivity index (χ2n) is 7.89. The van der Waals surface area contributed by atoms with Crippen molar-refractivity contribution in [3.8, 4) is 11.5 Å². The number of fused-ring (bicyclic) bond motifs is 3. The molecule has 2 aromatic carbocycles. The lowest BCUT2D eigenvalue weighted by Gasteiger charge is -2.37. The molecule has 3 aromatic rings. The first-order valence-electron chi connectivity index (χ1n) is 10.1. The van der Waals surface area contributed by atoms with Crippen molar-refractivity contribution in [3.63, 3.8) is 0 Å². The summed E-state index contributed by atoms with van der Waals surface area (Å²) in [5, 5.41) is 1.33. The number of ether oxygens (including phenoxy) is 2. The number of aryl methyl sites for hydroxylation is 2. The molecule has 0 spiro atoms. The highest BCUT2D eigenvalue weighted by Crippen LogP contribution is 2.40. The Hall–Kier alpha value is -2.46. The van der Waals surface area contributed by atoms with E-state index < -0.39 is 0 Å². The molecule has 28 heavy (non-hydrogen) atoms. The second kappa shape index (κ2) is 7.51. The highest BCUT2D eigenvalue weighted by molar-refractivity contribution is 5.87. The van der Waals surface area contributed by atoms with Crippen LogP contribution in [0.3, 0.4) is 0 Å². The fourth-order valence-corrected chi connectivity index (χ4v) is 4.52. The number of hydrogen-bond donors (Lipinski definition) is 0. The van der Waals surface area contributed by atoms with E-state index in [0.29, 0.717) is 12.1 Å². The molecule has 0 N–H and O–H groups in total. The number of rotatable bonds is 5. The summed E-state index contributed by atoms with van der Waals surface area (Å²) in [4.78, 5) is 2.48. The van der Waals surface area contributed by atoms with Gasteiger partial charge in [0.05, 0.1) is 14.2 Å². The quantitative estimate of drug-likeness (QED) is 0.636. The summed E-state index contributed by atoms with van der Waals surface area (Å²) in [7, 11) is 5.69. The average Bonchev–Trinajstić information content (AvgIpc) is 3.03. The standard InChI is InChI=1S/C24H30N2O2/c1-16-14-23-24(17(2)25(16)3)21-15-20(28-5)10-11-22(21)26(23)13-12-18-6-8-19(27-4)9-7-18/h6-11,15-17H,12-14H2,1-5H3. The van der Waals surface area contributed by atoms with Crippen molar-refractivity contribution in [1.82, 2.24) is 9.47 Å². The van der Waals surface area contributed by atoms with Crippen LogP contribution in [-0.2, 0) is 19.4 Å². The van der Waals surface area contributed by atoms with E-state index in [1.54, 1.807) is 14.2 Å². The van der Waals surface area contributed by atoms with E-state index in [2.05, 4.69) is 60.7 Å². The van der Waals surface area contributed by atoms with E-state index >= 15 is 0 Å². The SMILES string of the molecule is COc1ccc(CCn2c3c(c4cc(OC)ccc42)C(C)N(C)C(C)C3)cc1. The van der Waals surface area contributed by atoms with Crippen molar-refractivity contribution in [1.29, 1.82) is 0 Å². The van der Waals surface area contributed by atoms with Gasteiger partial charge < -0.3 is 14.0 Å². The van der Waals surface area contributed by atoms with Crippen molar-refractivity contribution in [3.05, 3.63) is 59.3 Å². The van der Waals surface area contributed by atoms with Crippen molar-refractivity contribution in [2.45, 2.75) is 45.3 Å². The Bertz CT molecular complexity index is 974. The lowest BCUT2D eigenvalue weighted by Crippen LogP contribution is -2.38. The van der Waals surface area contributed by atoms with Crippen molar-refractivity contribution >= 4 is 10.9 Å². The van der Waals surface area contributed by atoms with Gasteiger partial charge in [0.2, 0.25) is 0 Å². The van der Waals surface area contributed by atoms with Gasteiger partial charge in [0.1, 0.15) is 11.5 Å². The summed E-state index contributed by atoms with van der Waals surface area (Å²) < 4.78 is 13.3. The summed E-state index contributed by atoms with van der Waals surface area (Å²) in [5.74, 6) is 1.83. The van der Waals surface area contributed by atoms with Crippen LogP contribution in [0.1, 0.15) is 36.7 Å². The van der Waals surface area contributed by atoms with Crippen molar-refractivity contribution in [2.75, 3.05) is 21.3 Å². The van der Waals surface area contributed by atoms with Crippen LogP contribution < -0.4 is 9.47 Å². The molecule has 0 saturated carbocycles. The molecule has 2 atom stereocenters. The number of nitrogens with zero attached hydrogens (tertiary/aromatic N) is 2. The van der Waals surface area contributed by atoms with Gasteiger partial charge in [-0.05, 0) is 68.8 Å². The number of methoxy groups -OCH3 is 2. The van der Waals surface area contributed by atoms with E-state index in [4.69, 9.17) is 9.47 Å². The lowest BCUT2D eigenvalue weighted by atomic mass is 9.93. The topological polar surface area (TPSA) is 26.6 Å². The highest BCUT2D eigenvalue weighted by Gasteiger charge is 2.31. The van der Waals surface area contributed by atoms with Gasteiger partial charge in [-0.15, -0.1) is 0 Å². The van der Waals surface area contributed by atoms with Gasteiger partial charge in [0, 0.05) is 41.6 Å². The summed E-state index contributed by atoms with van der Waals surface area (Å²) in [6.45, 7) is 5.63. The molecule has 0 fully saturated rings. The molecule has 1 aliphatic heterocycles. The highest BCUT2D eigenvalue weighted by atomic mass is 16.5. The Kier molecular flexibility index (Phi) is 5.07. The number of likely N-dealkylation sites (N-methyl/N-ethyl adjacent to an activating group) is 1. The number of aromatic nitrogens is 1. The van der Waals surface area contributed by atoms with E-state index in [1.165, 1.54) is 27.7 Å². The van der Waals surface area contributed by atoms with Gasteiger partial charge in [-0.2, -0.15) is 0 Å². The monoisotopic (exact) mass is 378 g/mol. The first-order chi connectivity index (χ1) is 13.5. The fourth-order valence-electron chi connectivity index (χ4n) is 4.52.